The van der Waals surface area contributed by atoms with Gasteiger partial charge >= 0.3 is 0 Å². The summed E-state index contributed by atoms with van der Waals surface area (Å²) >= 11 is 0. The van der Waals surface area contributed by atoms with Gasteiger partial charge in [-0.05, 0) is 36.8 Å². The molecule has 0 atom stereocenters. The minimum atomic E-state index is -0.279. The monoisotopic (exact) mass is 256 g/mol. The molecule has 1 aromatic heterocycles. The quantitative estimate of drug-likeness (QED) is 0.778. The first-order chi connectivity index (χ1) is 9.10. The van der Waals surface area contributed by atoms with Crippen molar-refractivity contribution in [1.29, 1.82) is 0 Å². The Morgan fingerprint density at radius 3 is 2.79 bits per heavy atom. The first kappa shape index (κ1) is 13.0. The number of anilines is 2. The number of amides is 1. The topological polar surface area (TPSA) is 94.0 Å². The lowest BCUT2D eigenvalue weighted by atomic mass is 10.2. The van der Waals surface area contributed by atoms with Gasteiger partial charge in [-0.3, -0.25) is 4.79 Å². The van der Waals surface area contributed by atoms with Crippen LogP contribution in [-0.2, 0) is 6.54 Å². The number of rotatable bonds is 3. The Bertz CT molecular complexity index is 610. The van der Waals surface area contributed by atoms with E-state index < -0.39 is 0 Å². The van der Waals surface area contributed by atoms with Crippen LogP contribution in [0.2, 0.25) is 0 Å². The summed E-state index contributed by atoms with van der Waals surface area (Å²) in [6.07, 6.45) is 0. The fraction of sp³-hybridized carbons (Fsp3) is 0.143. The molecular weight excluding hydrogens is 240 g/mol. The molecule has 98 valence electrons. The number of pyridine rings is 1. The number of nitrogens with zero attached hydrogens (tertiary/aromatic N) is 1. The maximum absolute atomic E-state index is 12.1. The minimum Gasteiger partial charge on any atom is -0.383 e. The van der Waals surface area contributed by atoms with Gasteiger partial charge in [0.1, 0.15) is 5.82 Å². The first-order valence-electron chi connectivity index (χ1n) is 5.93. The van der Waals surface area contributed by atoms with Crippen LogP contribution < -0.4 is 16.8 Å². The molecule has 0 aliphatic heterocycles. The molecule has 0 unspecified atom stereocenters. The summed E-state index contributed by atoms with van der Waals surface area (Å²) in [4.78, 5) is 16.2. The standard InChI is InChI=1S/C14H16N4O/c1-9-5-6-12(13(16)17-9)14(19)18-11-4-2-3-10(7-11)8-15/h2-7H,8,15H2,1H3,(H2,16,17)(H,18,19). The highest BCUT2D eigenvalue weighted by Gasteiger charge is 2.11. The minimum absolute atomic E-state index is 0.229. The lowest BCUT2D eigenvalue weighted by molar-refractivity contribution is 0.102. The summed E-state index contributed by atoms with van der Waals surface area (Å²) in [6.45, 7) is 2.25. The highest BCUT2D eigenvalue weighted by Crippen LogP contribution is 2.15. The van der Waals surface area contributed by atoms with Crippen molar-refractivity contribution in [2.75, 3.05) is 11.1 Å². The second-order valence-corrected chi connectivity index (χ2v) is 4.24. The van der Waals surface area contributed by atoms with E-state index in [1.54, 1.807) is 18.2 Å². The van der Waals surface area contributed by atoms with Gasteiger partial charge in [0.15, 0.2) is 0 Å². The third kappa shape index (κ3) is 3.08. The van der Waals surface area contributed by atoms with Crippen LogP contribution in [0.15, 0.2) is 36.4 Å². The fourth-order valence-corrected chi connectivity index (χ4v) is 1.74. The number of hydrogen-bond acceptors (Lipinski definition) is 4. The molecule has 1 heterocycles. The number of carbonyl (C=O) groups excluding carboxylic acids is 1. The maximum Gasteiger partial charge on any atom is 0.259 e. The Balaban J connectivity index is 2.20. The molecule has 1 aromatic carbocycles. The van der Waals surface area contributed by atoms with Crippen LogP contribution >= 0.6 is 0 Å². The number of aromatic nitrogens is 1. The van der Waals surface area contributed by atoms with Crippen molar-refractivity contribution < 1.29 is 4.79 Å². The Morgan fingerprint density at radius 1 is 1.32 bits per heavy atom. The second kappa shape index (κ2) is 5.49. The van der Waals surface area contributed by atoms with Crippen LogP contribution in [0, 0.1) is 6.92 Å². The van der Waals surface area contributed by atoms with Gasteiger partial charge in [0, 0.05) is 17.9 Å². The van der Waals surface area contributed by atoms with Gasteiger partial charge in [-0.25, -0.2) is 4.98 Å². The van der Waals surface area contributed by atoms with Crippen LogP contribution in [0.25, 0.3) is 0 Å². The van der Waals surface area contributed by atoms with E-state index in [0.29, 0.717) is 17.8 Å². The Labute approximate surface area is 111 Å². The number of nitrogens with two attached hydrogens (primary N) is 2. The van der Waals surface area contributed by atoms with Crippen molar-refractivity contribution in [3.05, 3.63) is 53.2 Å². The van der Waals surface area contributed by atoms with Crippen LogP contribution in [0.5, 0.6) is 0 Å². The Hall–Kier alpha value is -2.40. The number of aryl methyl sites for hydroxylation is 1. The third-order valence-corrected chi connectivity index (χ3v) is 2.73. The largest absolute Gasteiger partial charge is 0.383 e. The summed E-state index contributed by atoms with van der Waals surface area (Å²) in [5.74, 6) is -0.0494. The zero-order chi connectivity index (χ0) is 13.8. The van der Waals surface area contributed by atoms with Gasteiger partial charge in [-0.2, -0.15) is 0 Å². The molecule has 5 nitrogen and oxygen atoms in total. The molecule has 5 N–H and O–H groups in total. The van der Waals surface area contributed by atoms with Crippen LogP contribution in [0.4, 0.5) is 11.5 Å². The third-order valence-electron chi connectivity index (χ3n) is 2.73. The molecule has 0 saturated heterocycles. The van der Waals surface area contributed by atoms with Gasteiger partial charge in [0.05, 0.1) is 5.56 Å². The zero-order valence-corrected chi connectivity index (χ0v) is 10.7. The number of carbonyl (C=O) groups is 1. The van der Waals surface area contributed by atoms with E-state index in [4.69, 9.17) is 11.5 Å². The van der Waals surface area contributed by atoms with Gasteiger partial charge in [0.2, 0.25) is 0 Å². The van der Waals surface area contributed by atoms with Gasteiger partial charge < -0.3 is 16.8 Å². The molecule has 0 aliphatic carbocycles. The summed E-state index contributed by atoms with van der Waals surface area (Å²) in [7, 11) is 0. The summed E-state index contributed by atoms with van der Waals surface area (Å²) in [5.41, 5.74) is 14.1. The molecule has 2 rings (SSSR count). The molecule has 0 radical (unpaired) electrons. The maximum atomic E-state index is 12.1. The molecule has 0 fully saturated rings. The Kier molecular flexibility index (Phi) is 3.77. The van der Waals surface area contributed by atoms with Gasteiger partial charge in [0.25, 0.3) is 5.91 Å². The molecule has 0 saturated carbocycles. The fourth-order valence-electron chi connectivity index (χ4n) is 1.74. The molecule has 2 aromatic rings. The molecule has 5 heteroatoms. The van der Waals surface area contributed by atoms with E-state index in [9.17, 15) is 4.79 Å². The van der Waals surface area contributed by atoms with Crippen LogP contribution in [-0.4, -0.2) is 10.9 Å². The second-order valence-electron chi connectivity index (χ2n) is 4.24. The van der Waals surface area contributed by atoms with Crippen molar-refractivity contribution in [3.63, 3.8) is 0 Å². The smallest absolute Gasteiger partial charge is 0.259 e. The highest BCUT2D eigenvalue weighted by atomic mass is 16.1. The van der Waals surface area contributed by atoms with E-state index in [1.165, 1.54) is 0 Å². The van der Waals surface area contributed by atoms with Gasteiger partial charge in [-0.1, -0.05) is 12.1 Å². The van der Waals surface area contributed by atoms with E-state index in [2.05, 4.69) is 10.3 Å². The van der Waals surface area contributed by atoms with Crippen molar-refractivity contribution in [2.45, 2.75) is 13.5 Å². The molecule has 1 amide bonds. The molecule has 0 bridgehead atoms. The number of nitrogen functional groups attached to an aromatic ring is 1. The molecule has 19 heavy (non-hydrogen) atoms. The zero-order valence-electron chi connectivity index (χ0n) is 10.7. The van der Waals surface area contributed by atoms with Crippen LogP contribution in [0.3, 0.4) is 0 Å². The van der Waals surface area contributed by atoms with Crippen molar-refractivity contribution >= 4 is 17.4 Å². The van der Waals surface area contributed by atoms with Crippen molar-refractivity contribution in [2.24, 2.45) is 5.73 Å². The summed E-state index contributed by atoms with van der Waals surface area (Å²) in [5, 5.41) is 2.78. The molecule has 0 aliphatic rings. The number of nitrogens with one attached hydrogen (secondary N) is 1. The predicted molar refractivity (Wildman–Crippen MR) is 75.7 cm³/mol. The summed E-state index contributed by atoms with van der Waals surface area (Å²) < 4.78 is 0. The van der Waals surface area contributed by atoms with Crippen LogP contribution in [0.1, 0.15) is 21.6 Å². The Morgan fingerprint density at radius 2 is 2.11 bits per heavy atom. The SMILES string of the molecule is Cc1ccc(C(=O)Nc2cccc(CN)c2)c(N)n1. The van der Waals surface area contributed by atoms with Crippen molar-refractivity contribution in [1.82, 2.24) is 4.98 Å². The van der Waals surface area contributed by atoms with Crippen molar-refractivity contribution in [3.8, 4) is 0 Å². The lowest BCUT2D eigenvalue weighted by Crippen LogP contribution is -2.15. The highest BCUT2D eigenvalue weighted by molar-refractivity contribution is 6.07. The van der Waals surface area contributed by atoms with E-state index >= 15 is 0 Å². The molecular formula is C14H16N4O. The normalized spacial score (nSPS) is 10.2. The van der Waals surface area contributed by atoms with E-state index in [1.807, 2.05) is 25.1 Å². The number of benzene rings is 1. The first-order valence-corrected chi connectivity index (χ1v) is 5.93. The average molecular weight is 256 g/mol. The van der Waals surface area contributed by atoms with E-state index in [0.717, 1.165) is 11.3 Å². The van der Waals surface area contributed by atoms with E-state index in [-0.39, 0.29) is 11.7 Å². The van der Waals surface area contributed by atoms with Gasteiger partial charge in [-0.15, -0.1) is 0 Å². The lowest BCUT2D eigenvalue weighted by Gasteiger charge is -2.08. The predicted octanol–water partition coefficient (Wildman–Crippen LogP) is 1.68. The summed E-state index contributed by atoms with van der Waals surface area (Å²) in [6, 6.07) is 10.8. The average Bonchev–Trinajstić information content (AvgIpc) is 2.38. The molecule has 0 spiro atoms. The number of hydrogen-bond donors (Lipinski definition) is 3.